The molecular formula is C25H30N4O2. The number of aliphatic hydroxyl groups is 1. The van der Waals surface area contributed by atoms with Crippen LogP contribution in [0.15, 0.2) is 54.7 Å². The van der Waals surface area contributed by atoms with Crippen LogP contribution >= 0.6 is 0 Å². The molecule has 0 fully saturated rings. The molecule has 0 spiro atoms. The number of aromatic nitrogens is 2. The van der Waals surface area contributed by atoms with E-state index in [1.165, 1.54) is 27.9 Å². The Morgan fingerprint density at radius 1 is 0.968 bits per heavy atom. The minimum Gasteiger partial charge on any atom is -0.491 e. The molecule has 6 heteroatoms. The number of benzene rings is 2. The van der Waals surface area contributed by atoms with E-state index < -0.39 is 6.10 Å². The molecule has 6 nitrogen and oxygen atoms in total. The average Bonchev–Trinajstić information content (AvgIpc) is 3.26. The van der Waals surface area contributed by atoms with Crippen molar-refractivity contribution in [2.75, 3.05) is 26.2 Å². The van der Waals surface area contributed by atoms with Crippen LogP contribution < -0.4 is 4.74 Å². The summed E-state index contributed by atoms with van der Waals surface area (Å²) >= 11 is 0. The molecule has 3 aromatic rings. The standard InChI is InChI=1S/C25H30N4O2/c30-23(17-29-10-8-20-5-1-2-6-21(20)15-29)18-31-24-7-3-4-19(12-24)14-28-11-9-25-22(16-28)13-26-27-25/h1-7,12-13,23,30H,8-11,14-18H2,(H,26,27). The van der Waals surface area contributed by atoms with E-state index in [1.807, 2.05) is 18.3 Å². The third-order valence-corrected chi connectivity index (χ3v) is 6.31. The van der Waals surface area contributed by atoms with Crippen molar-refractivity contribution >= 4 is 0 Å². The molecule has 0 bridgehead atoms. The molecule has 3 heterocycles. The van der Waals surface area contributed by atoms with Crippen molar-refractivity contribution < 1.29 is 9.84 Å². The van der Waals surface area contributed by atoms with Crippen molar-refractivity contribution in [1.82, 2.24) is 20.0 Å². The van der Waals surface area contributed by atoms with Gasteiger partial charge in [-0.15, -0.1) is 0 Å². The fourth-order valence-corrected chi connectivity index (χ4v) is 4.66. The second-order valence-electron chi connectivity index (χ2n) is 8.70. The van der Waals surface area contributed by atoms with Gasteiger partial charge >= 0.3 is 0 Å². The lowest BCUT2D eigenvalue weighted by atomic mass is 10.00. The van der Waals surface area contributed by atoms with Crippen molar-refractivity contribution in [3.05, 3.63) is 82.7 Å². The number of ether oxygens (including phenoxy) is 1. The quantitative estimate of drug-likeness (QED) is 0.618. The molecule has 2 aliphatic heterocycles. The third-order valence-electron chi connectivity index (χ3n) is 6.31. The number of nitrogens with zero attached hydrogens (tertiary/aromatic N) is 3. The number of nitrogens with one attached hydrogen (secondary N) is 1. The summed E-state index contributed by atoms with van der Waals surface area (Å²) in [4.78, 5) is 4.74. The number of H-pyrrole nitrogens is 1. The first kappa shape index (κ1) is 20.2. The summed E-state index contributed by atoms with van der Waals surface area (Å²) < 4.78 is 5.94. The molecule has 0 saturated heterocycles. The summed E-state index contributed by atoms with van der Waals surface area (Å²) in [5.41, 5.74) is 6.59. The first-order valence-electron chi connectivity index (χ1n) is 11.2. The largest absolute Gasteiger partial charge is 0.491 e. The summed E-state index contributed by atoms with van der Waals surface area (Å²) in [6, 6.07) is 16.8. The number of hydrogen-bond donors (Lipinski definition) is 2. The molecule has 31 heavy (non-hydrogen) atoms. The van der Waals surface area contributed by atoms with Gasteiger partial charge in [0.1, 0.15) is 18.5 Å². The number of aliphatic hydroxyl groups excluding tert-OH is 1. The van der Waals surface area contributed by atoms with Gasteiger partial charge < -0.3 is 9.84 Å². The fourth-order valence-electron chi connectivity index (χ4n) is 4.66. The lowest BCUT2D eigenvalue weighted by Gasteiger charge is -2.30. The van der Waals surface area contributed by atoms with Gasteiger partial charge in [-0.2, -0.15) is 5.10 Å². The van der Waals surface area contributed by atoms with Crippen LogP contribution in [0.3, 0.4) is 0 Å². The molecule has 162 valence electrons. The SMILES string of the molecule is OC(COc1cccc(CN2CCc3[nH]ncc3C2)c1)CN1CCc2ccccc2C1. The lowest BCUT2D eigenvalue weighted by Crippen LogP contribution is -2.38. The topological polar surface area (TPSA) is 64.6 Å². The predicted octanol–water partition coefficient (Wildman–Crippen LogP) is 2.77. The molecule has 0 saturated carbocycles. The molecule has 0 radical (unpaired) electrons. The highest BCUT2D eigenvalue weighted by Gasteiger charge is 2.20. The zero-order chi connectivity index (χ0) is 21.0. The van der Waals surface area contributed by atoms with Crippen LogP contribution in [-0.2, 0) is 32.5 Å². The minimum absolute atomic E-state index is 0.309. The van der Waals surface area contributed by atoms with E-state index in [4.69, 9.17) is 4.74 Å². The molecular weight excluding hydrogens is 388 g/mol. The Hall–Kier alpha value is -2.67. The van der Waals surface area contributed by atoms with Gasteiger partial charge in [0.25, 0.3) is 0 Å². The molecule has 1 unspecified atom stereocenters. The van der Waals surface area contributed by atoms with Gasteiger partial charge in [-0.1, -0.05) is 36.4 Å². The summed E-state index contributed by atoms with van der Waals surface area (Å²) in [5.74, 6) is 0.821. The Labute approximate surface area is 183 Å². The Morgan fingerprint density at radius 3 is 2.74 bits per heavy atom. The zero-order valence-electron chi connectivity index (χ0n) is 17.8. The van der Waals surface area contributed by atoms with E-state index in [2.05, 4.69) is 56.4 Å². The Balaban J connectivity index is 1.11. The van der Waals surface area contributed by atoms with Crippen molar-refractivity contribution in [1.29, 1.82) is 0 Å². The zero-order valence-corrected chi connectivity index (χ0v) is 17.8. The smallest absolute Gasteiger partial charge is 0.119 e. The number of fused-ring (bicyclic) bond motifs is 2. The molecule has 1 atom stereocenters. The second kappa shape index (κ2) is 9.22. The van der Waals surface area contributed by atoms with Gasteiger partial charge in [-0.05, 0) is 35.2 Å². The van der Waals surface area contributed by atoms with Crippen LogP contribution in [0.4, 0.5) is 0 Å². The van der Waals surface area contributed by atoms with Crippen molar-refractivity contribution in [3.8, 4) is 5.75 Å². The Morgan fingerprint density at radius 2 is 1.81 bits per heavy atom. The monoisotopic (exact) mass is 418 g/mol. The van der Waals surface area contributed by atoms with Crippen molar-refractivity contribution in [2.24, 2.45) is 0 Å². The normalized spacial score (nSPS) is 17.7. The van der Waals surface area contributed by atoms with Gasteiger partial charge in [-0.25, -0.2) is 0 Å². The molecule has 2 aliphatic rings. The summed E-state index contributed by atoms with van der Waals surface area (Å²) in [7, 11) is 0. The van der Waals surface area contributed by atoms with E-state index in [0.717, 1.165) is 51.3 Å². The van der Waals surface area contributed by atoms with Gasteiger partial charge in [-0.3, -0.25) is 14.9 Å². The molecule has 2 aromatic carbocycles. The summed E-state index contributed by atoms with van der Waals surface area (Å²) in [6.07, 6.45) is 3.49. The number of aromatic amines is 1. The summed E-state index contributed by atoms with van der Waals surface area (Å²) in [5, 5.41) is 17.8. The fraction of sp³-hybridized carbons (Fsp3) is 0.400. The first-order valence-corrected chi connectivity index (χ1v) is 11.2. The van der Waals surface area contributed by atoms with Crippen LogP contribution in [-0.4, -0.2) is 57.4 Å². The predicted molar refractivity (Wildman–Crippen MR) is 120 cm³/mol. The van der Waals surface area contributed by atoms with E-state index in [9.17, 15) is 5.11 Å². The van der Waals surface area contributed by atoms with Crippen LogP contribution in [0.5, 0.6) is 5.75 Å². The lowest BCUT2D eigenvalue weighted by molar-refractivity contribution is 0.0637. The first-order chi connectivity index (χ1) is 15.2. The van der Waals surface area contributed by atoms with Crippen molar-refractivity contribution in [2.45, 2.75) is 38.6 Å². The number of hydrogen-bond acceptors (Lipinski definition) is 5. The maximum absolute atomic E-state index is 10.5. The Kier molecular flexibility index (Phi) is 6.02. The van der Waals surface area contributed by atoms with E-state index in [1.54, 1.807) is 0 Å². The number of β-amino-alcohol motifs (C(OH)–C–C–N with tert-alkyl or cyclic N) is 1. The average molecular weight is 419 g/mol. The van der Waals surface area contributed by atoms with E-state index in [0.29, 0.717) is 13.2 Å². The third kappa shape index (κ3) is 4.98. The van der Waals surface area contributed by atoms with E-state index in [-0.39, 0.29) is 0 Å². The molecule has 2 N–H and O–H groups in total. The molecule has 0 amide bonds. The molecule has 0 aliphatic carbocycles. The van der Waals surface area contributed by atoms with Crippen LogP contribution in [0.1, 0.15) is 27.9 Å². The highest BCUT2D eigenvalue weighted by Crippen LogP contribution is 2.21. The highest BCUT2D eigenvalue weighted by atomic mass is 16.5. The van der Waals surface area contributed by atoms with Gasteiger partial charge in [0.2, 0.25) is 0 Å². The molecule has 1 aromatic heterocycles. The highest BCUT2D eigenvalue weighted by molar-refractivity contribution is 5.30. The Bertz CT molecular complexity index is 1020. The van der Waals surface area contributed by atoms with Crippen molar-refractivity contribution in [3.63, 3.8) is 0 Å². The van der Waals surface area contributed by atoms with Crippen LogP contribution in [0.25, 0.3) is 0 Å². The molecule has 5 rings (SSSR count). The van der Waals surface area contributed by atoms with E-state index >= 15 is 0 Å². The number of rotatable bonds is 7. The van der Waals surface area contributed by atoms with Gasteiger partial charge in [0.15, 0.2) is 0 Å². The maximum Gasteiger partial charge on any atom is 0.119 e. The van der Waals surface area contributed by atoms with Gasteiger partial charge in [0, 0.05) is 56.9 Å². The minimum atomic E-state index is -0.504. The van der Waals surface area contributed by atoms with Crippen LogP contribution in [0, 0.1) is 0 Å². The van der Waals surface area contributed by atoms with Crippen LogP contribution in [0.2, 0.25) is 0 Å². The maximum atomic E-state index is 10.5. The summed E-state index contributed by atoms with van der Waals surface area (Å²) in [6.45, 7) is 5.66. The second-order valence-corrected chi connectivity index (χ2v) is 8.70. The van der Waals surface area contributed by atoms with Gasteiger partial charge in [0.05, 0.1) is 6.20 Å².